The van der Waals surface area contributed by atoms with E-state index in [1.807, 2.05) is 0 Å². The summed E-state index contributed by atoms with van der Waals surface area (Å²) < 4.78 is 0. The van der Waals surface area contributed by atoms with Crippen LogP contribution in [0.1, 0.15) is 6.42 Å². The van der Waals surface area contributed by atoms with Crippen molar-refractivity contribution in [2.45, 2.75) is 6.42 Å². The molecule has 0 bridgehead atoms. The number of oxime groups is 1. The van der Waals surface area contributed by atoms with Crippen LogP contribution in [0.15, 0.2) is 5.16 Å². The summed E-state index contributed by atoms with van der Waals surface area (Å²) in [6.45, 7) is 0. The predicted molar refractivity (Wildman–Crippen MR) is 38.4 cm³/mol. The Bertz CT molecular complexity index is 156. The van der Waals surface area contributed by atoms with E-state index in [1.54, 1.807) is 14.1 Å². The molecule has 0 aliphatic carbocycles. The van der Waals surface area contributed by atoms with Crippen molar-refractivity contribution in [1.82, 2.24) is 4.90 Å². The van der Waals surface area contributed by atoms with E-state index < -0.39 is 0 Å². The lowest BCUT2D eigenvalue weighted by atomic mass is 10.4. The molecule has 0 aromatic carbocycles. The Balaban J connectivity index is 3.81. The number of nitrogens with zero attached hydrogens (tertiary/aromatic N) is 2. The highest BCUT2D eigenvalue weighted by Gasteiger charge is 2.06. The van der Waals surface area contributed by atoms with E-state index >= 15 is 0 Å². The van der Waals surface area contributed by atoms with Crippen LogP contribution in [0.2, 0.25) is 0 Å². The molecule has 1 amide bonds. The van der Waals surface area contributed by atoms with Gasteiger partial charge >= 0.3 is 0 Å². The Morgan fingerprint density at radius 3 is 2.50 bits per heavy atom. The zero-order valence-corrected chi connectivity index (χ0v) is 6.59. The van der Waals surface area contributed by atoms with Crippen LogP contribution in [0, 0.1) is 0 Å². The lowest BCUT2D eigenvalue weighted by molar-refractivity contribution is -0.127. The zero-order chi connectivity index (χ0) is 8.15. The van der Waals surface area contributed by atoms with Crippen LogP contribution >= 0.6 is 11.6 Å². The average Bonchev–Trinajstić information content (AvgIpc) is 1.87. The van der Waals surface area contributed by atoms with Crippen LogP contribution in [-0.2, 0) is 4.79 Å². The third-order valence-electron chi connectivity index (χ3n) is 0.904. The summed E-state index contributed by atoms with van der Waals surface area (Å²) in [5.74, 6) is -0.192. The number of hydrogen-bond donors (Lipinski definition) is 1. The van der Waals surface area contributed by atoms with Gasteiger partial charge in [0.05, 0.1) is 6.42 Å². The molecule has 0 spiro atoms. The van der Waals surface area contributed by atoms with E-state index in [4.69, 9.17) is 16.8 Å². The van der Waals surface area contributed by atoms with Crippen LogP contribution in [0.25, 0.3) is 0 Å². The first kappa shape index (κ1) is 9.23. The van der Waals surface area contributed by atoms with Gasteiger partial charge < -0.3 is 10.1 Å². The topological polar surface area (TPSA) is 52.9 Å². The quantitative estimate of drug-likeness (QED) is 0.367. The molecule has 0 aliphatic heterocycles. The first-order valence-corrected chi connectivity index (χ1v) is 3.02. The second kappa shape index (κ2) is 4.11. The van der Waals surface area contributed by atoms with Crippen molar-refractivity contribution in [2.24, 2.45) is 5.16 Å². The summed E-state index contributed by atoms with van der Waals surface area (Å²) in [6, 6.07) is 0. The zero-order valence-electron chi connectivity index (χ0n) is 5.83. The molecule has 10 heavy (non-hydrogen) atoms. The van der Waals surface area contributed by atoms with Crippen molar-refractivity contribution in [2.75, 3.05) is 14.1 Å². The van der Waals surface area contributed by atoms with Crippen molar-refractivity contribution in [1.29, 1.82) is 0 Å². The standard InChI is InChI=1S/C5H9ClN2O2/c1-8(2)5(9)3-4(6)7-10/h10H,3H2,1-2H3. The first-order valence-electron chi connectivity index (χ1n) is 2.64. The summed E-state index contributed by atoms with van der Waals surface area (Å²) in [7, 11) is 3.20. The fraction of sp³-hybridized carbons (Fsp3) is 0.600. The summed E-state index contributed by atoms with van der Waals surface area (Å²) >= 11 is 5.26. The smallest absolute Gasteiger partial charge is 0.229 e. The second-order valence-electron chi connectivity index (χ2n) is 1.94. The highest BCUT2D eigenvalue weighted by molar-refractivity contribution is 6.66. The highest BCUT2D eigenvalue weighted by Crippen LogP contribution is 1.94. The molecule has 58 valence electrons. The van der Waals surface area contributed by atoms with Gasteiger partial charge in [-0.25, -0.2) is 0 Å². The van der Waals surface area contributed by atoms with Gasteiger partial charge in [-0.15, -0.1) is 0 Å². The van der Waals surface area contributed by atoms with Crippen molar-refractivity contribution in [3.8, 4) is 0 Å². The number of hydrogen-bond acceptors (Lipinski definition) is 3. The van der Waals surface area contributed by atoms with Crippen molar-refractivity contribution in [3.63, 3.8) is 0 Å². The Hall–Kier alpha value is -0.770. The van der Waals surface area contributed by atoms with Crippen LogP contribution in [0.4, 0.5) is 0 Å². The van der Waals surface area contributed by atoms with E-state index in [0.717, 1.165) is 0 Å². The van der Waals surface area contributed by atoms with Crippen molar-refractivity contribution in [3.05, 3.63) is 0 Å². The van der Waals surface area contributed by atoms with Crippen LogP contribution in [0.3, 0.4) is 0 Å². The van der Waals surface area contributed by atoms with Gasteiger partial charge in [-0.2, -0.15) is 0 Å². The molecule has 0 aliphatic rings. The van der Waals surface area contributed by atoms with Crippen molar-refractivity contribution >= 4 is 22.7 Å². The molecule has 0 saturated heterocycles. The molecule has 0 rings (SSSR count). The maximum absolute atomic E-state index is 10.8. The van der Waals surface area contributed by atoms with Gasteiger partial charge in [0, 0.05) is 14.1 Å². The molecule has 0 atom stereocenters. The normalized spacial score (nSPS) is 11.3. The summed E-state index contributed by atoms with van der Waals surface area (Å²) in [5, 5.41) is 10.6. The van der Waals surface area contributed by atoms with E-state index in [-0.39, 0.29) is 17.5 Å². The molecule has 0 saturated carbocycles. The SMILES string of the molecule is CN(C)C(=O)CC(Cl)=NO. The summed E-state index contributed by atoms with van der Waals surface area (Å²) in [4.78, 5) is 12.1. The Labute approximate surface area is 64.1 Å². The molecule has 0 fully saturated rings. The molecule has 1 N–H and O–H groups in total. The highest BCUT2D eigenvalue weighted by atomic mass is 35.5. The number of halogens is 1. The van der Waals surface area contributed by atoms with Gasteiger partial charge in [-0.05, 0) is 0 Å². The third-order valence-corrected chi connectivity index (χ3v) is 1.11. The molecule has 0 aromatic heterocycles. The minimum absolute atomic E-state index is 0.0505. The minimum Gasteiger partial charge on any atom is -0.410 e. The molecule has 0 unspecified atom stereocenters. The number of carbonyl (C=O) groups excluding carboxylic acids is 1. The van der Waals surface area contributed by atoms with E-state index in [2.05, 4.69) is 5.16 Å². The molecule has 0 heterocycles. The second-order valence-corrected chi connectivity index (χ2v) is 2.38. The van der Waals surface area contributed by atoms with Gasteiger partial charge in [-0.3, -0.25) is 4.79 Å². The van der Waals surface area contributed by atoms with Gasteiger partial charge in [0.15, 0.2) is 5.17 Å². The van der Waals surface area contributed by atoms with Crippen LogP contribution in [0.5, 0.6) is 0 Å². The van der Waals surface area contributed by atoms with E-state index in [1.165, 1.54) is 4.90 Å². The van der Waals surface area contributed by atoms with Gasteiger partial charge in [-0.1, -0.05) is 16.8 Å². The number of amides is 1. The summed E-state index contributed by atoms with van der Waals surface area (Å²) in [5.41, 5.74) is 0. The monoisotopic (exact) mass is 164 g/mol. The van der Waals surface area contributed by atoms with Gasteiger partial charge in [0.2, 0.25) is 5.91 Å². The molecule has 0 radical (unpaired) electrons. The molecule has 4 nitrogen and oxygen atoms in total. The Kier molecular flexibility index (Phi) is 3.79. The molecular weight excluding hydrogens is 156 g/mol. The fourth-order valence-electron chi connectivity index (χ4n) is 0.318. The Morgan fingerprint density at radius 2 is 2.20 bits per heavy atom. The molecule has 0 aromatic rings. The van der Waals surface area contributed by atoms with E-state index in [9.17, 15) is 4.79 Å². The van der Waals surface area contributed by atoms with E-state index in [0.29, 0.717) is 0 Å². The van der Waals surface area contributed by atoms with Crippen LogP contribution in [-0.4, -0.2) is 35.3 Å². The van der Waals surface area contributed by atoms with Crippen LogP contribution < -0.4 is 0 Å². The number of rotatable bonds is 2. The minimum atomic E-state index is -0.192. The fourth-order valence-corrected chi connectivity index (χ4v) is 0.433. The summed E-state index contributed by atoms with van der Waals surface area (Å²) in [6.07, 6.45) is -0.0505. The molecule has 5 heteroatoms. The maximum Gasteiger partial charge on any atom is 0.229 e. The van der Waals surface area contributed by atoms with Gasteiger partial charge in [0.25, 0.3) is 0 Å². The predicted octanol–water partition coefficient (Wildman–Crippen LogP) is 0.491. The Morgan fingerprint density at radius 1 is 1.70 bits per heavy atom. The van der Waals surface area contributed by atoms with Crippen molar-refractivity contribution < 1.29 is 10.0 Å². The third kappa shape index (κ3) is 3.29. The number of carbonyl (C=O) groups is 1. The lowest BCUT2D eigenvalue weighted by Crippen LogP contribution is -2.22. The largest absolute Gasteiger partial charge is 0.410 e. The lowest BCUT2D eigenvalue weighted by Gasteiger charge is -2.07. The molecular formula is C5H9ClN2O2. The maximum atomic E-state index is 10.8. The first-order chi connectivity index (χ1) is 4.57. The average molecular weight is 165 g/mol. The van der Waals surface area contributed by atoms with Gasteiger partial charge in [0.1, 0.15) is 0 Å².